The van der Waals surface area contributed by atoms with E-state index in [0.717, 1.165) is 17.8 Å². The maximum Gasteiger partial charge on any atom is 0.163 e. The van der Waals surface area contributed by atoms with Gasteiger partial charge in [-0.1, -0.05) is 38.9 Å². The molecule has 22 heavy (non-hydrogen) atoms. The molecule has 3 rings (SSSR count). The Balaban J connectivity index is 2.53. The minimum absolute atomic E-state index is 0.0742. The van der Waals surface area contributed by atoms with Gasteiger partial charge in [0.15, 0.2) is 11.6 Å². The van der Waals surface area contributed by atoms with Crippen LogP contribution in [0, 0.1) is 24.0 Å². The third-order valence-electron chi connectivity index (χ3n) is 3.73. The van der Waals surface area contributed by atoms with Crippen LogP contribution in [0.4, 0.5) is 8.78 Å². The first-order chi connectivity index (χ1) is 11.9. The number of hydrogen-bond donors (Lipinski definition) is 0. The zero-order valence-corrected chi connectivity index (χ0v) is 13.8. The molecule has 0 aromatic heterocycles. The summed E-state index contributed by atoms with van der Waals surface area (Å²) in [5.41, 5.74) is 0.205. The SMILES string of the molecule is [2H]c1c([2H])c2c(c([2H])c1C)SCc1c(ccc(F)c1F)[C@]2([2H])C(C)(C)C. The highest BCUT2D eigenvalue weighted by Crippen LogP contribution is 2.49. The second-order valence-electron chi connectivity index (χ2n) is 6.51. The van der Waals surface area contributed by atoms with E-state index in [2.05, 4.69) is 0 Å². The van der Waals surface area contributed by atoms with Crippen LogP contribution >= 0.6 is 11.8 Å². The van der Waals surface area contributed by atoms with Gasteiger partial charge in [-0.3, -0.25) is 0 Å². The van der Waals surface area contributed by atoms with Crippen LogP contribution in [0.2, 0.25) is 0 Å². The average molecular weight is 322 g/mol. The smallest absolute Gasteiger partial charge is 0.163 e. The molecule has 0 spiro atoms. The zero-order valence-electron chi connectivity index (χ0n) is 17.0. The van der Waals surface area contributed by atoms with Gasteiger partial charge in [0.1, 0.15) is 0 Å². The summed E-state index contributed by atoms with van der Waals surface area (Å²) in [4.78, 5) is 0.407. The van der Waals surface area contributed by atoms with Crippen molar-refractivity contribution in [3.8, 4) is 0 Å². The van der Waals surface area contributed by atoms with Crippen molar-refractivity contribution in [1.29, 1.82) is 0 Å². The van der Waals surface area contributed by atoms with Crippen LogP contribution in [0.5, 0.6) is 0 Å². The first-order valence-corrected chi connectivity index (χ1v) is 8.12. The fraction of sp³-hybridized carbons (Fsp3) is 0.368. The van der Waals surface area contributed by atoms with E-state index in [4.69, 9.17) is 4.11 Å². The first kappa shape index (κ1) is 11.2. The Morgan fingerprint density at radius 3 is 2.64 bits per heavy atom. The summed E-state index contributed by atoms with van der Waals surface area (Å²) < 4.78 is 62.9. The summed E-state index contributed by atoms with van der Waals surface area (Å²) in [6, 6.07) is 2.29. The Kier molecular flexibility index (Phi) is 2.74. The number of halogens is 2. The van der Waals surface area contributed by atoms with Crippen LogP contribution in [0.3, 0.4) is 0 Å². The molecule has 0 saturated carbocycles. The topological polar surface area (TPSA) is 0 Å². The molecule has 0 N–H and O–H groups in total. The van der Waals surface area contributed by atoms with Crippen molar-refractivity contribution in [2.45, 2.75) is 44.2 Å². The highest BCUT2D eigenvalue weighted by atomic mass is 32.2. The normalized spacial score (nSPS) is 23.5. The van der Waals surface area contributed by atoms with Gasteiger partial charge in [-0.25, -0.2) is 8.78 Å². The van der Waals surface area contributed by atoms with Crippen LogP contribution in [0.1, 0.15) is 54.4 Å². The Morgan fingerprint density at radius 1 is 1.23 bits per heavy atom. The molecule has 0 nitrogen and oxygen atoms in total. The summed E-state index contributed by atoms with van der Waals surface area (Å²) in [6.07, 6.45) is 0. The largest absolute Gasteiger partial charge is 0.204 e. The lowest BCUT2D eigenvalue weighted by Gasteiger charge is -2.33. The zero-order chi connectivity index (χ0) is 19.6. The number of hydrogen-bond acceptors (Lipinski definition) is 1. The third kappa shape index (κ3) is 2.56. The van der Waals surface area contributed by atoms with Gasteiger partial charge >= 0.3 is 0 Å². The van der Waals surface area contributed by atoms with Crippen LogP contribution in [0.25, 0.3) is 0 Å². The summed E-state index contributed by atoms with van der Waals surface area (Å²) >= 11 is 1.14. The maximum absolute atomic E-state index is 14.6. The molecule has 116 valence electrons. The van der Waals surface area contributed by atoms with E-state index in [0.29, 0.717) is 16.0 Å². The highest BCUT2D eigenvalue weighted by Gasteiger charge is 2.34. The number of benzene rings is 2. The van der Waals surface area contributed by atoms with Gasteiger partial charge in [0.25, 0.3) is 0 Å². The van der Waals surface area contributed by atoms with Crippen LogP contribution < -0.4 is 0 Å². The fourth-order valence-electron chi connectivity index (χ4n) is 2.79. The molecule has 0 saturated heterocycles. The number of thioether (sulfide) groups is 1. The molecule has 0 fully saturated rings. The van der Waals surface area contributed by atoms with E-state index < -0.39 is 22.9 Å². The van der Waals surface area contributed by atoms with Gasteiger partial charge in [-0.15, -0.1) is 11.8 Å². The number of fused-ring (bicyclic) bond motifs is 2. The van der Waals surface area contributed by atoms with E-state index in [1.54, 1.807) is 27.7 Å². The van der Waals surface area contributed by atoms with Gasteiger partial charge in [-0.2, -0.15) is 0 Å². The third-order valence-corrected chi connectivity index (χ3v) is 4.76. The van der Waals surface area contributed by atoms with Crippen LogP contribution in [-0.4, -0.2) is 0 Å². The van der Waals surface area contributed by atoms with Gasteiger partial charge in [-0.05, 0) is 41.1 Å². The summed E-state index contributed by atoms with van der Waals surface area (Å²) in [5.74, 6) is -3.47. The minimum atomic E-state index is -1.59. The predicted octanol–water partition coefficient (Wildman–Crippen LogP) is 6.06. The molecule has 1 heterocycles. The summed E-state index contributed by atoms with van der Waals surface area (Å²) in [6.45, 7) is 7.01. The Morgan fingerprint density at radius 2 is 1.95 bits per heavy atom. The molecular formula is C19H20F2S. The lowest BCUT2D eigenvalue weighted by Crippen LogP contribution is -2.21. The lowest BCUT2D eigenvalue weighted by molar-refractivity contribution is 0.353. The van der Waals surface area contributed by atoms with E-state index >= 15 is 0 Å². The van der Waals surface area contributed by atoms with Crippen LogP contribution in [-0.2, 0) is 5.75 Å². The van der Waals surface area contributed by atoms with Crippen molar-refractivity contribution in [2.75, 3.05) is 0 Å². The summed E-state index contributed by atoms with van der Waals surface area (Å²) in [5, 5.41) is 0. The van der Waals surface area contributed by atoms with Crippen molar-refractivity contribution in [2.24, 2.45) is 5.41 Å². The molecule has 1 atom stereocenters. The van der Waals surface area contributed by atoms with E-state index in [1.165, 1.54) is 6.07 Å². The molecule has 0 amide bonds. The second kappa shape index (κ2) is 5.38. The molecule has 1 aliphatic heterocycles. The first-order valence-electron chi connectivity index (χ1n) is 9.14. The lowest BCUT2D eigenvalue weighted by atomic mass is 9.71. The average Bonchev–Trinajstić information content (AvgIpc) is 2.70. The molecular weight excluding hydrogens is 298 g/mol. The fourth-order valence-corrected chi connectivity index (χ4v) is 3.88. The highest BCUT2D eigenvalue weighted by molar-refractivity contribution is 7.98. The van der Waals surface area contributed by atoms with Crippen molar-refractivity contribution in [3.63, 3.8) is 0 Å². The molecule has 0 unspecified atom stereocenters. The van der Waals surface area contributed by atoms with E-state index in [1.807, 2.05) is 0 Å². The summed E-state index contributed by atoms with van der Waals surface area (Å²) in [7, 11) is 0. The van der Waals surface area contributed by atoms with E-state index in [-0.39, 0.29) is 35.0 Å². The molecule has 3 heteroatoms. The van der Waals surface area contributed by atoms with Crippen molar-refractivity contribution in [3.05, 3.63) is 64.1 Å². The maximum atomic E-state index is 14.6. The second-order valence-corrected chi connectivity index (χ2v) is 7.49. The van der Waals surface area contributed by atoms with Crippen molar-refractivity contribution < 1.29 is 14.3 Å². The number of rotatable bonds is 0. The van der Waals surface area contributed by atoms with Crippen molar-refractivity contribution in [1.82, 2.24) is 0 Å². The standard InChI is InChI=1S/C19H20F2S/c1-11-5-6-13-16(9-11)22-10-14-12(17(13)19(2,3)4)7-8-15(20)18(14)21/h5-9,17H,10H2,1-4H3/t17-/m0/s1/i5D,6D,9D,17D. The Labute approximate surface area is 140 Å². The quantitative estimate of drug-likeness (QED) is 0.568. The molecule has 0 bridgehead atoms. The van der Waals surface area contributed by atoms with Gasteiger partial charge in [0, 0.05) is 23.5 Å². The molecule has 1 aliphatic rings. The monoisotopic (exact) mass is 322 g/mol. The Hall–Kier alpha value is -1.35. The molecule has 0 aliphatic carbocycles. The predicted molar refractivity (Wildman–Crippen MR) is 88.4 cm³/mol. The molecule has 0 radical (unpaired) electrons. The minimum Gasteiger partial charge on any atom is -0.204 e. The van der Waals surface area contributed by atoms with Crippen molar-refractivity contribution >= 4 is 11.8 Å². The van der Waals surface area contributed by atoms with Gasteiger partial charge < -0.3 is 0 Å². The van der Waals surface area contributed by atoms with Gasteiger partial charge in [0.05, 0.1) is 4.11 Å². The van der Waals surface area contributed by atoms with Gasteiger partial charge in [0.2, 0.25) is 0 Å². The molecule has 2 aromatic carbocycles. The Bertz CT molecular complexity index is 921. The molecule has 2 aromatic rings. The van der Waals surface area contributed by atoms with Crippen LogP contribution in [0.15, 0.2) is 35.2 Å². The van der Waals surface area contributed by atoms with E-state index in [9.17, 15) is 10.2 Å².